The molecule has 3 N–H and O–H groups in total. The minimum absolute atomic E-state index is 0.128. The highest BCUT2D eigenvalue weighted by atomic mass is 16.5. The van der Waals surface area contributed by atoms with Crippen LogP contribution in [-0.2, 0) is 4.74 Å². The van der Waals surface area contributed by atoms with Gasteiger partial charge in [0.05, 0.1) is 5.60 Å². The van der Waals surface area contributed by atoms with Crippen LogP contribution in [0.1, 0.15) is 58.8 Å². The van der Waals surface area contributed by atoms with Crippen molar-refractivity contribution in [3.05, 3.63) is 0 Å². The number of methoxy groups -OCH3 is 1. The summed E-state index contributed by atoms with van der Waals surface area (Å²) in [4.78, 5) is 0. The highest BCUT2D eigenvalue weighted by molar-refractivity contribution is 4.95. The average molecular weight is 254 g/mol. The van der Waals surface area contributed by atoms with Crippen LogP contribution in [0.5, 0.6) is 0 Å². The van der Waals surface area contributed by atoms with Crippen LogP contribution < -0.4 is 11.3 Å². The molecule has 3 nitrogen and oxygen atoms in total. The molecule has 2 rings (SSSR count). The average Bonchev–Trinajstić information content (AvgIpc) is 2.33. The van der Waals surface area contributed by atoms with Gasteiger partial charge in [0.1, 0.15) is 0 Å². The molecule has 0 aromatic heterocycles. The molecule has 3 heteroatoms. The summed E-state index contributed by atoms with van der Waals surface area (Å²) in [5.74, 6) is 8.26. The van der Waals surface area contributed by atoms with E-state index >= 15 is 0 Å². The van der Waals surface area contributed by atoms with Crippen molar-refractivity contribution in [1.29, 1.82) is 0 Å². The third kappa shape index (κ3) is 2.89. The lowest BCUT2D eigenvalue weighted by atomic mass is 9.68. The Morgan fingerprint density at radius 3 is 2.44 bits per heavy atom. The molecule has 0 saturated heterocycles. The number of hydrogen-bond donors (Lipinski definition) is 2. The van der Waals surface area contributed by atoms with E-state index in [0.29, 0.717) is 6.04 Å². The maximum Gasteiger partial charge on any atom is 0.0694 e. The second-order valence-electron chi connectivity index (χ2n) is 6.75. The molecule has 106 valence electrons. The Morgan fingerprint density at radius 2 is 2.00 bits per heavy atom. The van der Waals surface area contributed by atoms with Gasteiger partial charge in [-0.3, -0.25) is 11.3 Å². The van der Waals surface area contributed by atoms with Crippen LogP contribution in [0.4, 0.5) is 0 Å². The highest BCUT2D eigenvalue weighted by Crippen LogP contribution is 2.42. The summed E-state index contributed by atoms with van der Waals surface area (Å²) in [7, 11) is 1.86. The quantitative estimate of drug-likeness (QED) is 0.586. The molecule has 0 aromatic carbocycles. The molecule has 18 heavy (non-hydrogen) atoms. The summed E-state index contributed by atoms with van der Waals surface area (Å²) in [5.41, 5.74) is 3.21. The number of hydrazine groups is 1. The van der Waals surface area contributed by atoms with E-state index in [1.54, 1.807) is 0 Å². The molecule has 2 aliphatic carbocycles. The van der Waals surface area contributed by atoms with Gasteiger partial charge in [-0.15, -0.1) is 0 Å². The monoisotopic (exact) mass is 254 g/mol. The molecule has 4 unspecified atom stereocenters. The first-order valence-corrected chi connectivity index (χ1v) is 7.61. The molecule has 0 bridgehead atoms. The zero-order chi connectivity index (χ0) is 13.2. The maximum absolute atomic E-state index is 5.82. The number of ether oxygens (including phenoxy) is 1. The van der Waals surface area contributed by atoms with Gasteiger partial charge < -0.3 is 4.74 Å². The van der Waals surface area contributed by atoms with Crippen LogP contribution in [-0.4, -0.2) is 18.8 Å². The van der Waals surface area contributed by atoms with Crippen molar-refractivity contribution in [2.45, 2.75) is 70.4 Å². The van der Waals surface area contributed by atoms with Gasteiger partial charge in [0.2, 0.25) is 0 Å². The second-order valence-corrected chi connectivity index (χ2v) is 6.75. The predicted molar refractivity (Wildman–Crippen MR) is 75.0 cm³/mol. The fraction of sp³-hybridized carbons (Fsp3) is 1.00. The summed E-state index contributed by atoms with van der Waals surface area (Å²) < 4.78 is 5.75. The first kappa shape index (κ1) is 14.3. The Balaban J connectivity index is 1.92. The van der Waals surface area contributed by atoms with E-state index in [-0.39, 0.29) is 5.60 Å². The summed E-state index contributed by atoms with van der Waals surface area (Å²) in [5, 5.41) is 0. The smallest absolute Gasteiger partial charge is 0.0694 e. The lowest BCUT2D eigenvalue weighted by Crippen LogP contribution is -2.51. The van der Waals surface area contributed by atoms with Crippen LogP contribution in [0.15, 0.2) is 0 Å². The number of rotatable bonds is 5. The summed E-state index contributed by atoms with van der Waals surface area (Å²) >= 11 is 0. The van der Waals surface area contributed by atoms with Crippen molar-refractivity contribution in [3.8, 4) is 0 Å². The first-order chi connectivity index (χ1) is 8.60. The Labute approximate surface area is 112 Å². The highest BCUT2D eigenvalue weighted by Gasteiger charge is 2.41. The molecule has 2 saturated carbocycles. The molecule has 0 amide bonds. The molecule has 0 radical (unpaired) electrons. The van der Waals surface area contributed by atoms with Gasteiger partial charge in [0, 0.05) is 13.2 Å². The first-order valence-electron chi connectivity index (χ1n) is 7.61. The molecule has 2 fully saturated rings. The van der Waals surface area contributed by atoms with E-state index in [1.807, 2.05) is 7.11 Å². The van der Waals surface area contributed by atoms with E-state index in [4.69, 9.17) is 10.6 Å². The third-order valence-electron chi connectivity index (χ3n) is 5.71. The SMILES string of the molecule is COC1(CC(NN)C2CCC(C)C(C)C2)CCC1. The van der Waals surface area contributed by atoms with Crippen molar-refractivity contribution >= 4 is 0 Å². The van der Waals surface area contributed by atoms with Crippen molar-refractivity contribution in [1.82, 2.24) is 5.43 Å². The summed E-state index contributed by atoms with van der Waals surface area (Å²) in [6.45, 7) is 4.77. The Kier molecular flexibility index (Phi) is 4.68. The topological polar surface area (TPSA) is 47.3 Å². The zero-order valence-electron chi connectivity index (χ0n) is 12.2. The minimum Gasteiger partial charge on any atom is -0.378 e. The molecule has 4 atom stereocenters. The Hall–Kier alpha value is -0.120. The molecule has 0 heterocycles. The molecule has 0 spiro atoms. The van der Waals surface area contributed by atoms with Crippen molar-refractivity contribution in [2.24, 2.45) is 23.6 Å². The van der Waals surface area contributed by atoms with Crippen LogP contribution in [0.25, 0.3) is 0 Å². The van der Waals surface area contributed by atoms with Crippen LogP contribution >= 0.6 is 0 Å². The maximum atomic E-state index is 5.82. The molecule has 0 aliphatic heterocycles. The lowest BCUT2D eigenvalue weighted by molar-refractivity contribution is -0.0888. The second kappa shape index (κ2) is 5.89. The van der Waals surface area contributed by atoms with Gasteiger partial charge in [0.15, 0.2) is 0 Å². The van der Waals surface area contributed by atoms with Gasteiger partial charge in [-0.2, -0.15) is 0 Å². The number of nitrogens with two attached hydrogens (primary N) is 1. The number of nitrogens with one attached hydrogen (secondary N) is 1. The van der Waals surface area contributed by atoms with Gasteiger partial charge in [-0.25, -0.2) is 0 Å². The fourth-order valence-corrected chi connectivity index (χ4v) is 3.78. The van der Waals surface area contributed by atoms with E-state index in [1.165, 1.54) is 38.5 Å². The van der Waals surface area contributed by atoms with Gasteiger partial charge in [-0.1, -0.05) is 20.3 Å². The molecular weight excluding hydrogens is 224 g/mol. The normalized spacial score (nSPS) is 37.0. The van der Waals surface area contributed by atoms with Crippen molar-refractivity contribution in [3.63, 3.8) is 0 Å². The van der Waals surface area contributed by atoms with E-state index < -0.39 is 0 Å². The van der Waals surface area contributed by atoms with Crippen LogP contribution in [0.3, 0.4) is 0 Å². The van der Waals surface area contributed by atoms with Crippen molar-refractivity contribution in [2.75, 3.05) is 7.11 Å². The Bertz CT molecular complexity index is 260. The van der Waals surface area contributed by atoms with Gasteiger partial charge >= 0.3 is 0 Å². The molecule has 2 aliphatic rings. The third-order valence-corrected chi connectivity index (χ3v) is 5.71. The summed E-state index contributed by atoms with van der Waals surface area (Å²) in [6, 6.07) is 0.431. The zero-order valence-corrected chi connectivity index (χ0v) is 12.2. The fourth-order valence-electron chi connectivity index (χ4n) is 3.78. The lowest BCUT2D eigenvalue weighted by Gasteiger charge is -2.45. The van der Waals surface area contributed by atoms with Gasteiger partial charge in [-0.05, 0) is 56.3 Å². The van der Waals surface area contributed by atoms with Crippen LogP contribution in [0.2, 0.25) is 0 Å². The van der Waals surface area contributed by atoms with Gasteiger partial charge in [0.25, 0.3) is 0 Å². The Morgan fingerprint density at radius 1 is 1.28 bits per heavy atom. The number of hydrogen-bond acceptors (Lipinski definition) is 3. The van der Waals surface area contributed by atoms with E-state index in [2.05, 4.69) is 19.3 Å². The van der Waals surface area contributed by atoms with E-state index in [9.17, 15) is 0 Å². The molecule has 0 aromatic rings. The van der Waals surface area contributed by atoms with Crippen molar-refractivity contribution < 1.29 is 4.74 Å². The standard InChI is InChI=1S/C15H30N2O/c1-11-5-6-13(9-12(11)2)14(17-16)10-15(18-3)7-4-8-15/h11-14,17H,4-10,16H2,1-3H3. The summed E-state index contributed by atoms with van der Waals surface area (Å²) in [6.07, 6.45) is 8.80. The van der Waals surface area contributed by atoms with E-state index in [0.717, 1.165) is 24.2 Å². The predicted octanol–water partition coefficient (Wildman–Crippen LogP) is 2.85. The van der Waals surface area contributed by atoms with Crippen LogP contribution in [0, 0.1) is 17.8 Å². The largest absolute Gasteiger partial charge is 0.378 e. The molecular formula is C15H30N2O. The minimum atomic E-state index is 0.128.